The average molecular weight is 482 g/mol. The highest BCUT2D eigenvalue weighted by atomic mass is 16.5. The van der Waals surface area contributed by atoms with Gasteiger partial charge in [0.15, 0.2) is 0 Å². The van der Waals surface area contributed by atoms with Crippen LogP contribution in [0.25, 0.3) is 5.76 Å². The molecule has 1 amide bonds. The van der Waals surface area contributed by atoms with Gasteiger partial charge in [-0.15, -0.1) is 0 Å². The SMILES string of the molecule is CCCOc1ccc(C2C(=C(O)c3ccc(OCCC)c(C)c3)C(=O)C(=O)N2CCCOC)cc1. The molecule has 1 N–H and O–H groups in total. The Bertz CT molecular complexity index is 1060. The highest BCUT2D eigenvalue weighted by molar-refractivity contribution is 6.46. The van der Waals surface area contributed by atoms with Crippen LogP contribution in [0.3, 0.4) is 0 Å². The normalized spacial score (nSPS) is 17.1. The van der Waals surface area contributed by atoms with Crippen molar-refractivity contribution in [3.8, 4) is 11.5 Å². The number of methoxy groups -OCH3 is 1. The number of likely N-dealkylation sites (tertiary alicyclic amines) is 1. The van der Waals surface area contributed by atoms with Crippen LogP contribution in [-0.4, -0.2) is 55.2 Å². The van der Waals surface area contributed by atoms with Crippen molar-refractivity contribution >= 4 is 17.4 Å². The third kappa shape index (κ3) is 6.03. The zero-order valence-corrected chi connectivity index (χ0v) is 21.0. The number of aryl methyl sites for hydroxylation is 1. The van der Waals surface area contributed by atoms with Gasteiger partial charge in [-0.05, 0) is 67.6 Å². The first-order valence-electron chi connectivity index (χ1n) is 12.2. The Labute approximate surface area is 207 Å². The predicted octanol–water partition coefficient (Wildman–Crippen LogP) is 5.03. The number of benzene rings is 2. The van der Waals surface area contributed by atoms with Gasteiger partial charge < -0.3 is 24.2 Å². The summed E-state index contributed by atoms with van der Waals surface area (Å²) in [5, 5.41) is 11.3. The van der Waals surface area contributed by atoms with Crippen LogP contribution in [-0.2, 0) is 14.3 Å². The highest BCUT2D eigenvalue weighted by Crippen LogP contribution is 2.40. The molecule has 0 spiro atoms. The lowest BCUT2D eigenvalue weighted by atomic mass is 9.94. The Kier molecular flexibility index (Phi) is 9.32. The van der Waals surface area contributed by atoms with E-state index in [-0.39, 0.29) is 11.3 Å². The maximum absolute atomic E-state index is 13.2. The van der Waals surface area contributed by atoms with Crippen molar-refractivity contribution in [3.63, 3.8) is 0 Å². The molecular weight excluding hydrogens is 446 g/mol. The monoisotopic (exact) mass is 481 g/mol. The van der Waals surface area contributed by atoms with Crippen molar-refractivity contribution in [3.05, 3.63) is 64.7 Å². The zero-order chi connectivity index (χ0) is 25.4. The molecule has 1 heterocycles. The summed E-state index contributed by atoms with van der Waals surface area (Å²) in [6.45, 7) is 7.94. The van der Waals surface area contributed by atoms with Gasteiger partial charge in [-0.3, -0.25) is 9.59 Å². The fourth-order valence-corrected chi connectivity index (χ4v) is 4.13. The van der Waals surface area contributed by atoms with E-state index < -0.39 is 17.7 Å². The number of ketones is 1. The van der Waals surface area contributed by atoms with Crippen molar-refractivity contribution < 1.29 is 28.9 Å². The van der Waals surface area contributed by atoms with Crippen LogP contribution in [0.2, 0.25) is 0 Å². The maximum Gasteiger partial charge on any atom is 0.295 e. The van der Waals surface area contributed by atoms with Gasteiger partial charge in [0.1, 0.15) is 17.3 Å². The highest BCUT2D eigenvalue weighted by Gasteiger charge is 2.45. The molecule has 1 aliphatic heterocycles. The average Bonchev–Trinajstić information content (AvgIpc) is 3.11. The number of aliphatic hydroxyl groups is 1. The standard InChI is InChI=1S/C28H35NO6/c1-5-15-34-22-11-8-20(9-12-22)25-24(27(31)28(32)29(25)14-7-17-33-4)26(30)21-10-13-23(19(3)18-21)35-16-6-2/h8-13,18,25,30H,5-7,14-17H2,1-4H3. The molecule has 1 fully saturated rings. The molecule has 0 bridgehead atoms. The fraction of sp³-hybridized carbons (Fsp3) is 0.429. The molecule has 188 valence electrons. The summed E-state index contributed by atoms with van der Waals surface area (Å²) in [6.07, 6.45) is 2.35. The number of hydrogen-bond acceptors (Lipinski definition) is 6. The van der Waals surface area contributed by atoms with Crippen LogP contribution in [0.5, 0.6) is 11.5 Å². The van der Waals surface area contributed by atoms with E-state index in [9.17, 15) is 14.7 Å². The molecule has 0 aromatic heterocycles. The number of hydrogen-bond donors (Lipinski definition) is 1. The molecule has 0 radical (unpaired) electrons. The molecule has 35 heavy (non-hydrogen) atoms. The van der Waals surface area contributed by atoms with Crippen LogP contribution in [0.15, 0.2) is 48.0 Å². The summed E-state index contributed by atoms with van der Waals surface area (Å²) in [4.78, 5) is 27.7. The van der Waals surface area contributed by atoms with Gasteiger partial charge in [0.25, 0.3) is 11.7 Å². The Morgan fingerprint density at radius 3 is 2.29 bits per heavy atom. The Hall–Kier alpha value is -3.32. The number of amides is 1. The molecule has 1 atom stereocenters. The molecule has 2 aromatic rings. The van der Waals surface area contributed by atoms with Crippen LogP contribution < -0.4 is 9.47 Å². The Morgan fingerprint density at radius 1 is 0.971 bits per heavy atom. The minimum Gasteiger partial charge on any atom is -0.507 e. The zero-order valence-electron chi connectivity index (χ0n) is 21.0. The van der Waals surface area contributed by atoms with Crippen molar-refractivity contribution in [2.24, 2.45) is 0 Å². The molecule has 0 aliphatic carbocycles. The van der Waals surface area contributed by atoms with E-state index in [1.807, 2.05) is 45.0 Å². The van der Waals surface area contributed by atoms with E-state index in [4.69, 9.17) is 14.2 Å². The van der Waals surface area contributed by atoms with Crippen LogP contribution in [0.4, 0.5) is 0 Å². The second-order valence-corrected chi connectivity index (χ2v) is 8.59. The lowest BCUT2D eigenvalue weighted by Crippen LogP contribution is -2.31. The van der Waals surface area contributed by atoms with Gasteiger partial charge in [-0.2, -0.15) is 0 Å². The summed E-state index contributed by atoms with van der Waals surface area (Å²) >= 11 is 0. The summed E-state index contributed by atoms with van der Waals surface area (Å²) in [5.41, 5.74) is 2.11. The van der Waals surface area contributed by atoms with Gasteiger partial charge in [0.2, 0.25) is 0 Å². The van der Waals surface area contributed by atoms with E-state index in [0.717, 1.165) is 29.7 Å². The van der Waals surface area contributed by atoms with Gasteiger partial charge in [-0.1, -0.05) is 26.0 Å². The second-order valence-electron chi connectivity index (χ2n) is 8.59. The first-order valence-corrected chi connectivity index (χ1v) is 12.2. The summed E-state index contributed by atoms with van der Waals surface area (Å²) in [7, 11) is 1.59. The molecule has 7 heteroatoms. The third-order valence-corrected chi connectivity index (χ3v) is 5.87. The summed E-state index contributed by atoms with van der Waals surface area (Å²) < 4.78 is 16.6. The number of carbonyl (C=O) groups is 2. The first kappa shape index (κ1) is 26.3. The summed E-state index contributed by atoms with van der Waals surface area (Å²) in [6, 6.07) is 11.9. The lowest BCUT2D eigenvalue weighted by Gasteiger charge is -2.25. The van der Waals surface area contributed by atoms with Crippen molar-refractivity contribution in [2.75, 3.05) is 33.5 Å². The number of nitrogens with zero attached hydrogens (tertiary/aromatic N) is 1. The van der Waals surface area contributed by atoms with E-state index in [1.165, 1.54) is 4.90 Å². The number of carbonyl (C=O) groups excluding carboxylic acids is 2. The number of ether oxygens (including phenoxy) is 3. The lowest BCUT2D eigenvalue weighted by molar-refractivity contribution is -0.140. The maximum atomic E-state index is 13.2. The number of rotatable bonds is 12. The van der Waals surface area contributed by atoms with E-state index in [1.54, 1.807) is 25.3 Å². The predicted molar refractivity (Wildman–Crippen MR) is 135 cm³/mol. The van der Waals surface area contributed by atoms with Crippen molar-refractivity contribution in [1.82, 2.24) is 4.90 Å². The molecule has 1 unspecified atom stereocenters. The molecule has 3 rings (SSSR count). The summed E-state index contributed by atoms with van der Waals surface area (Å²) in [5.74, 6) is -0.0781. The second kappa shape index (κ2) is 12.4. The topological polar surface area (TPSA) is 85.3 Å². The van der Waals surface area contributed by atoms with Gasteiger partial charge in [0.05, 0.1) is 24.8 Å². The quantitative estimate of drug-likeness (QED) is 0.198. The minimum atomic E-state index is -0.705. The largest absolute Gasteiger partial charge is 0.507 e. The first-order chi connectivity index (χ1) is 16.9. The van der Waals surface area contributed by atoms with E-state index in [2.05, 4.69) is 0 Å². The molecule has 1 saturated heterocycles. The molecule has 1 aliphatic rings. The van der Waals surface area contributed by atoms with E-state index >= 15 is 0 Å². The Balaban J connectivity index is 2.03. The number of Topliss-reactive ketones (excluding diaryl/α,β-unsaturated/α-hetero) is 1. The fourth-order valence-electron chi connectivity index (χ4n) is 4.13. The molecular formula is C28H35NO6. The smallest absolute Gasteiger partial charge is 0.295 e. The van der Waals surface area contributed by atoms with Gasteiger partial charge in [0, 0.05) is 25.8 Å². The van der Waals surface area contributed by atoms with Crippen molar-refractivity contribution in [2.45, 2.75) is 46.1 Å². The van der Waals surface area contributed by atoms with E-state index in [0.29, 0.717) is 44.1 Å². The van der Waals surface area contributed by atoms with Gasteiger partial charge in [-0.25, -0.2) is 0 Å². The minimum absolute atomic E-state index is 0.0799. The van der Waals surface area contributed by atoms with Crippen LogP contribution in [0.1, 0.15) is 55.8 Å². The molecule has 0 saturated carbocycles. The molecule has 2 aromatic carbocycles. The van der Waals surface area contributed by atoms with Gasteiger partial charge >= 0.3 is 0 Å². The van der Waals surface area contributed by atoms with Crippen LogP contribution >= 0.6 is 0 Å². The van der Waals surface area contributed by atoms with Crippen molar-refractivity contribution in [1.29, 1.82) is 0 Å². The van der Waals surface area contributed by atoms with Crippen LogP contribution in [0, 0.1) is 6.92 Å². The molecule has 7 nitrogen and oxygen atoms in total. The third-order valence-electron chi connectivity index (χ3n) is 5.87. The Morgan fingerprint density at radius 2 is 1.66 bits per heavy atom. The number of aliphatic hydroxyl groups excluding tert-OH is 1.